The van der Waals surface area contributed by atoms with Gasteiger partial charge in [0.1, 0.15) is 0 Å². The fraction of sp³-hybridized carbons (Fsp3) is 0.897. The van der Waals surface area contributed by atoms with Crippen molar-refractivity contribution in [2.24, 2.45) is 35.0 Å². The number of piperidine rings is 1. The number of hydrogen-bond donors (Lipinski definition) is 1. The first-order valence-corrected chi connectivity index (χ1v) is 18.9. The third-order valence-electron chi connectivity index (χ3n) is 13.6. The Hall–Kier alpha value is -0.720. The Morgan fingerprint density at radius 2 is 1.80 bits per heavy atom. The van der Waals surface area contributed by atoms with Gasteiger partial charge in [-0.2, -0.15) is 0 Å². The van der Waals surface area contributed by atoms with E-state index in [0.29, 0.717) is 42.6 Å². The average Bonchev–Trinajstić information content (AvgIpc) is 3.46. The fourth-order valence-electron chi connectivity index (χ4n) is 11.2. The number of unbranched alkanes of at least 4 members (excludes halogenated alkanes) is 4. The van der Waals surface area contributed by atoms with Crippen LogP contribution in [0.5, 0.6) is 0 Å². The highest BCUT2D eigenvalue weighted by Gasteiger charge is 2.59. The van der Waals surface area contributed by atoms with E-state index in [4.69, 9.17) is 14.2 Å². The molecule has 4 aliphatic carbocycles. The first-order valence-electron chi connectivity index (χ1n) is 18.9. The van der Waals surface area contributed by atoms with Crippen LogP contribution in [0.4, 0.5) is 0 Å². The van der Waals surface area contributed by atoms with Gasteiger partial charge in [0.25, 0.3) is 0 Å². The van der Waals surface area contributed by atoms with Crippen LogP contribution in [-0.2, 0) is 14.2 Å². The molecule has 0 amide bonds. The monoisotopic (exact) mass is 611 g/mol. The van der Waals surface area contributed by atoms with Gasteiger partial charge in [-0.05, 0) is 100 Å². The minimum Gasteiger partial charge on any atom is -0.393 e. The van der Waals surface area contributed by atoms with E-state index in [-0.39, 0.29) is 11.7 Å². The minimum absolute atomic E-state index is 0.0189. The summed E-state index contributed by atoms with van der Waals surface area (Å²) in [5.74, 6) is 3.46. The van der Waals surface area contributed by atoms with E-state index in [9.17, 15) is 5.11 Å². The van der Waals surface area contributed by atoms with Crippen LogP contribution in [0.2, 0.25) is 0 Å². The zero-order chi connectivity index (χ0) is 30.9. The molecule has 2 heterocycles. The molecule has 0 aromatic carbocycles. The number of ether oxygens (including phenoxy) is 3. The molecule has 10 atom stereocenters. The molecule has 0 unspecified atom stereocenters. The number of allylic oxidation sites excluding steroid dienone is 2. The van der Waals surface area contributed by atoms with Crippen molar-refractivity contribution in [1.29, 1.82) is 0 Å². The van der Waals surface area contributed by atoms with Crippen molar-refractivity contribution in [2.75, 3.05) is 39.5 Å². The van der Waals surface area contributed by atoms with Crippen molar-refractivity contribution in [3.8, 4) is 0 Å². The first-order chi connectivity index (χ1) is 21.3. The van der Waals surface area contributed by atoms with Gasteiger partial charge in [0.2, 0.25) is 0 Å². The lowest BCUT2D eigenvalue weighted by Gasteiger charge is -2.49. The molecule has 1 N–H and O–H groups in total. The van der Waals surface area contributed by atoms with Crippen LogP contribution < -0.4 is 0 Å². The van der Waals surface area contributed by atoms with Crippen molar-refractivity contribution in [3.05, 3.63) is 22.8 Å². The minimum atomic E-state index is -0.124. The van der Waals surface area contributed by atoms with Crippen molar-refractivity contribution in [2.45, 2.75) is 148 Å². The van der Waals surface area contributed by atoms with Crippen LogP contribution in [-0.4, -0.2) is 73.4 Å². The molecule has 5 nitrogen and oxygen atoms in total. The maximum Gasteiger partial charge on any atom is 0.0765 e. The van der Waals surface area contributed by atoms with Crippen LogP contribution in [0.15, 0.2) is 22.8 Å². The highest BCUT2D eigenvalue weighted by Crippen LogP contribution is 2.63. The Balaban J connectivity index is 1.05. The maximum absolute atomic E-state index is 10.4. The van der Waals surface area contributed by atoms with Gasteiger partial charge < -0.3 is 19.3 Å². The molecular weight excluding hydrogens is 546 g/mol. The van der Waals surface area contributed by atoms with Crippen LogP contribution in [0, 0.1) is 35.0 Å². The van der Waals surface area contributed by atoms with Crippen molar-refractivity contribution in [1.82, 2.24) is 4.90 Å². The van der Waals surface area contributed by atoms with Gasteiger partial charge in [-0.1, -0.05) is 76.2 Å². The number of nitrogens with zero attached hydrogens (tertiary/aromatic N) is 1. The maximum atomic E-state index is 10.4. The molecule has 6 aliphatic rings. The fourth-order valence-corrected chi connectivity index (χ4v) is 11.2. The van der Waals surface area contributed by atoms with Gasteiger partial charge in [-0.15, -0.1) is 0 Å². The van der Waals surface area contributed by atoms with E-state index in [0.717, 1.165) is 69.7 Å². The molecule has 6 rings (SSSR count). The second-order valence-electron chi connectivity index (χ2n) is 16.4. The Morgan fingerprint density at radius 3 is 2.61 bits per heavy atom. The molecule has 250 valence electrons. The summed E-state index contributed by atoms with van der Waals surface area (Å²) in [6.07, 6.45) is 19.6. The van der Waals surface area contributed by atoms with Gasteiger partial charge in [-0.25, -0.2) is 0 Å². The molecule has 1 spiro atoms. The summed E-state index contributed by atoms with van der Waals surface area (Å²) < 4.78 is 19.2. The van der Waals surface area contributed by atoms with Gasteiger partial charge >= 0.3 is 0 Å². The number of rotatable bonds is 12. The van der Waals surface area contributed by atoms with E-state index in [2.05, 4.69) is 45.6 Å². The van der Waals surface area contributed by atoms with Crippen molar-refractivity contribution in [3.63, 3.8) is 0 Å². The average molecular weight is 612 g/mol. The van der Waals surface area contributed by atoms with E-state index < -0.39 is 0 Å². The van der Waals surface area contributed by atoms with Gasteiger partial charge in [0, 0.05) is 31.7 Å². The van der Waals surface area contributed by atoms with E-state index in [1.807, 2.05) is 0 Å². The quantitative estimate of drug-likeness (QED) is 0.178. The Kier molecular flexibility index (Phi) is 10.7. The van der Waals surface area contributed by atoms with Crippen LogP contribution in [0.1, 0.15) is 125 Å². The lowest BCUT2D eigenvalue weighted by Crippen LogP contribution is -2.52. The molecule has 0 bridgehead atoms. The summed E-state index contributed by atoms with van der Waals surface area (Å²) in [6.45, 7) is 17.4. The first kappa shape index (κ1) is 33.2. The zero-order valence-corrected chi connectivity index (χ0v) is 29.0. The normalized spacial score (nSPS) is 42.1. The summed E-state index contributed by atoms with van der Waals surface area (Å²) >= 11 is 0. The molecule has 0 aromatic rings. The number of likely N-dealkylation sites (tertiary alicyclic amines) is 1. The smallest absolute Gasteiger partial charge is 0.0765 e. The second kappa shape index (κ2) is 14.2. The summed E-state index contributed by atoms with van der Waals surface area (Å²) in [6, 6.07) is 0.505. The Bertz CT molecular complexity index is 1040. The van der Waals surface area contributed by atoms with Crippen molar-refractivity contribution >= 4 is 0 Å². The summed E-state index contributed by atoms with van der Waals surface area (Å²) in [7, 11) is 0. The molecule has 0 radical (unpaired) electrons. The second-order valence-corrected chi connectivity index (χ2v) is 16.4. The molecule has 2 aliphatic heterocycles. The number of aliphatic hydroxyl groups excluding tert-OH is 1. The number of hydrogen-bond acceptors (Lipinski definition) is 5. The number of fused-ring (bicyclic) bond motifs is 6. The molecule has 2 saturated carbocycles. The largest absolute Gasteiger partial charge is 0.393 e. The van der Waals surface area contributed by atoms with E-state index in [1.54, 1.807) is 16.7 Å². The third kappa shape index (κ3) is 6.53. The molecule has 5 heteroatoms. The van der Waals surface area contributed by atoms with Gasteiger partial charge in [0.05, 0.1) is 37.6 Å². The van der Waals surface area contributed by atoms with E-state index in [1.165, 1.54) is 64.2 Å². The molecule has 2 saturated heterocycles. The predicted octanol–water partition coefficient (Wildman–Crippen LogP) is 8.11. The Morgan fingerprint density at radius 1 is 1.00 bits per heavy atom. The summed E-state index contributed by atoms with van der Waals surface area (Å²) in [5, 5.41) is 10.4. The molecule has 0 aromatic heterocycles. The predicted molar refractivity (Wildman–Crippen MR) is 179 cm³/mol. The third-order valence-corrected chi connectivity index (χ3v) is 13.6. The van der Waals surface area contributed by atoms with Crippen LogP contribution >= 0.6 is 0 Å². The SMILES string of the molecule is CCCCCCCOCCOCCN1C[C@@H](C)C[C@H]2O[C@]3(CC[C@@H]4C(=C(C)C3)C[C@H]3[C@H]4CC=C4C[C@@H](O)CC[C@@]43C)[C@H](C)[C@@H]21. The standard InChI is InChI=1S/C39H65NO4/c1-6-7-8-9-10-18-42-20-21-43-19-17-40-26-27(2)22-36-37(40)29(4)39(44-36)16-14-32-33-12-11-30-23-31(41)13-15-38(30,5)35(33)24-34(32)28(3)25-39/h11,27,29,31-33,35-37,41H,6-10,12-26H2,1-5H3/t27-,29+,31-,32-,33-,35-,36+,37-,38-,39-/m0/s1. The van der Waals surface area contributed by atoms with Crippen molar-refractivity contribution < 1.29 is 19.3 Å². The molecular formula is C39H65NO4. The summed E-state index contributed by atoms with van der Waals surface area (Å²) in [4.78, 5) is 2.74. The topological polar surface area (TPSA) is 51.2 Å². The van der Waals surface area contributed by atoms with Gasteiger partial charge in [-0.3, -0.25) is 4.90 Å². The van der Waals surface area contributed by atoms with E-state index >= 15 is 0 Å². The highest BCUT2D eigenvalue weighted by molar-refractivity contribution is 5.34. The summed E-state index contributed by atoms with van der Waals surface area (Å²) in [5.41, 5.74) is 5.30. The Labute approximate surface area is 269 Å². The highest BCUT2D eigenvalue weighted by atomic mass is 16.5. The lowest BCUT2D eigenvalue weighted by atomic mass is 9.56. The molecule has 44 heavy (non-hydrogen) atoms. The van der Waals surface area contributed by atoms with Crippen LogP contribution in [0.25, 0.3) is 0 Å². The molecule has 4 fully saturated rings. The van der Waals surface area contributed by atoms with Gasteiger partial charge in [0.15, 0.2) is 0 Å². The van der Waals surface area contributed by atoms with Crippen LogP contribution in [0.3, 0.4) is 0 Å². The lowest BCUT2D eigenvalue weighted by molar-refractivity contribution is -0.0806. The zero-order valence-electron chi connectivity index (χ0n) is 29.0. The number of aliphatic hydroxyl groups is 1.